The van der Waals surface area contributed by atoms with Gasteiger partial charge in [-0.05, 0) is 12.8 Å². The molecule has 0 radical (unpaired) electrons. The lowest BCUT2D eigenvalue weighted by Crippen LogP contribution is -2.08. The zero-order chi connectivity index (χ0) is 12.3. The molecule has 0 spiro atoms. The summed E-state index contributed by atoms with van der Waals surface area (Å²) >= 11 is 0. The standard InChI is InChI=1S/C11H10F4O/c1-2-3-4-6-8(12)10(14)7(5-16)11(15)9(6)13/h2,16H,1,3-5H2. The number of rotatable bonds is 4. The van der Waals surface area contributed by atoms with Crippen molar-refractivity contribution >= 4 is 0 Å². The molecule has 0 fully saturated rings. The van der Waals surface area contributed by atoms with Gasteiger partial charge in [-0.2, -0.15) is 0 Å². The fourth-order valence-electron chi connectivity index (χ4n) is 1.33. The molecule has 0 bridgehead atoms. The smallest absolute Gasteiger partial charge is 0.167 e. The van der Waals surface area contributed by atoms with E-state index in [1.165, 1.54) is 6.08 Å². The predicted molar refractivity (Wildman–Crippen MR) is 50.7 cm³/mol. The number of aliphatic hydroxyl groups excluding tert-OH is 1. The van der Waals surface area contributed by atoms with Crippen LogP contribution < -0.4 is 0 Å². The van der Waals surface area contributed by atoms with Gasteiger partial charge in [-0.25, -0.2) is 17.6 Å². The maximum atomic E-state index is 13.3. The molecule has 0 saturated carbocycles. The summed E-state index contributed by atoms with van der Waals surface area (Å²) in [6.45, 7) is 2.25. The SMILES string of the molecule is C=CCCc1c(F)c(F)c(CO)c(F)c1F. The highest BCUT2D eigenvalue weighted by Crippen LogP contribution is 2.25. The molecule has 5 heteroatoms. The van der Waals surface area contributed by atoms with Gasteiger partial charge >= 0.3 is 0 Å². The molecule has 0 unspecified atom stereocenters. The normalized spacial score (nSPS) is 10.6. The molecule has 1 rings (SSSR count). The van der Waals surface area contributed by atoms with Gasteiger partial charge < -0.3 is 5.11 Å². The van der Waals surface area contributed by atoms with Crippen LogP contribution in [0.1, 0.15) is 17.5 Å². The molecule has 16 heavy (non-hydrogen) atoms. The molecule has 88 valence electrons. The van der Waals surface area contributed by atoms with E-state index in [4.69, 9.17) is 5.11 Å². The molecule has 0 saturated heterocycles. The second-order valence-electron chi connectivity index (χ2n) is 3.20. The van der Waals surface area contributed by atoms with Crippen LogP contribution in [0.25, 0.3) is 0 Å². The third kappa shape index (κ3) is 2.09. The summed E-state index contributed by atoms with van der Waals surface area (Å²) in [4.78, 5) is 0. The van der Waals surface area contributed by atoms with Gasteiger partial charge in [0.1, 0.15) is 0 Å². The van der Waals surface area contributed by atoms with Crippen LogP contribution in [0, 0.1) is 23.3 Å². The summed E-state index contributed by atoms with van der Waals surface area (Å²) in [7, 11) is 0. The molecular formula is C11H10F4O. The Morgan fingerprint density at radius 1 is 0.938 bits per heavy atom. The van der Waals surface area contributed by atoms with E-state index in [1.54, 1.807) is 0 Å². The van der Waals surface area contributed by atoms with Crippen molar-refractivity contribution < 1.29 is 22.7 Å². The summed E-state index contributed by atoms with van der Waals surface area (Å²) < 4.78 is 52.9. The largest absolute Gasteiger partial charge is 0.391 e. The molecule has 1 aromatic carbocycles. The maximum Gasteiger partial charge on any atom is 0.167 e. The van der Waals surface area contributed by atoms with E-state index in [1.807, 2.05) is 0 Å². The van der Waals surface area contributed by atoms with Crippen LogP contribution in [0.2, 0.25) is 0 Å². The Bertz CT molecular complexity index is 386. The first-order valence-corrected chi connectivity index (χ1v) is 4.60. The van der Waals surface area contributed by atoms with E-state index in [-0.39, 0.29) is 12.8 Å². The van der Waals surface area contributed by atoms with Gasteiger partial charge in [0, 0.05) is 5.56 Å². The number of aliphatic hydroxyl groups is 1. The van der Waals surface area contributed by atoms with Crippen LogP contribution in [-0.4, -0.2) is 5.11 Å². The van der Waals surface area contributed by atoms with Crippen molar-refractivity contribution in [2.24, 2.45) is 0 Å². The van der Waals surface area contributed by atoms with Gasteiger partial charge in [0.2, 0.25) is 0 Å². The quantitative estimate of drug-likeness (QED) is 0.482. The van der Waals surface area contributed by atoms with Crippen LogP contribution in [0.3, 0.4) is 0 Å². The molecule has 0 aliphatic rings. The summed E-state index contributed by atoms with van der Waals surface area (Å²) in [5.74, 6) is -5.99. The maximum absolute atomic E-state index is 13.3. The van der Waals surface area contributed by atoms with Crippen molar-refractivity contribution in [3.63, 3.8) is 0 Å². The first kappa shape index (κ1) is 12.7. The summed E-state index contributed by atoms with van der Waals surface area (Å²) in [6.07, 6.45) is 1.40. The number of benzene rings is 1. The van der Waals surface area contributed by atoms with E-state index in [0.717, 1.165) is 0 Å². The third-order valence-corrected chi connectivity index (χ3v) is 2.20. The zero-order valence-corrected chi connectivity index (χ0v) is 8.36. The number of hydrogen-bond donors (Lipinski definition) is 1. The average Bonchev–Trinajstić information content (AvgIpc) is 2.27. The molecule has 0 aliphatic carbocycles. The van der Waals surface area contributed by atoms with Crippen LogP contribution in [0.5, 0.6) is 0 Å². The summed E-state index contributed by atoms with van der Waals surface area (Å²) in [5.41, 5.74) is -1.65. The van der Waals surface area contributed by atoms with Crippen LogP contribution in [0.15, 0.2) is 12.7 Å². The zero-order valence-electron chi connectivity index (χ0n) is 8.36. The van der Waals surface area contributed by atoms with Gasteiger partial charge in [-0.3, -0.25) is 0 Å². The molecule has 1 N–H and O–H groups in total. The average molecular weight is 234 g/mol. The minimum Gasteiger partial charge on any atom is -0.391 e. The Morgan fingerprint density at radius 2 is 1.38 bits per heavy atom. The molecule has 0 amide bonds. The molecule has 0 heterocycles. The van der Waals surface area contributed by atoms with Gasteiger partial charge in [-0.15, -0.1) is 6.58 Å². The molecule has 0 aromatic heterocycles. The fourth-order valence-corrected chi connectivity index (χ4v) is 1.33. The number of allylic oxidation sites excluding steroid dienone is 1. The van der Waals surface area contributed by atoms with E-state index in [0.29, 0.717) is 0 Å². The molecular weight excluding hydrogens is 224 g/mol. The van der Waals surface area contributed by atoms with Crippen molar-refractivity contribution in [3.8, 4) is 0 Å². The second kappa shape index (κ2) is 5.12. The van der Waals surface area contributed by atoms with E-state index < -0.39 is 41.0 Å². The molecule has 0 atom stereocenters. The van der Waals surface area contributed by atoms with Crippen molar-refractivity contribution in [1.29, 1.82) is 0 Å². The highest BCUT2D eigenvalue weighted by Gasteiger charge is 2.23. The third-order valence-electron chi connectivity index (χ3n) is 2.20. The lowest BCUT2D eigenvalue weighted by molar-refractivity contribution is 0.262. The fraction of sp³-hybridized carbons (Fsp3) is 0.273. The number of halogens is 4. The van der Waals surface area contributed by atoms with Crippen molar-refractivity contribution in [1.82, 2.24) is 0 Å². The van der Waals surface area contributed by atoms with Gasteiger partial charge in [0.25, 0.3) is 0 Å². The van der Waals surface area contributed by atoms with Crippen LogP contribution >= 0.6 is 0 Å². The van der Waals surface area contributed by atoms with Crippen LogP contribution in [-0.2, 0) is 13.0 Å². The lowest BCUT2D eigenvalue weighted by Gasteiger charge is -2.09. The van der Waals surface area contributed by atoms with Crippen molar-refractivity contribution in [2.45, 2.75) is 19.4 Å². The topological polar surface area (TPSA) is 20.2 Å². The monoisotopic (exact) mass is 234 g/mol. The Balaban J connectivity index is 3.34. The second-order valence-corrected chi connectivity index (χ2v) is 3.20. The summed E-state index contributed by atoms with van der Waals surface area (Å²) in [6, 6.07) is 0. The van der Waals surface area contributed by atoms with E-state index in [2.05, 4.69) is 6.58 Å². The first-order chi connectivity index (χ1) is 7.54. The van der Waals surface area contributed by atoms with Crippen LogP contribution in [0.4, 0.5) is 17.6 Å². The molecule has 1 nitrogen and oxygen atoms in total. The predicted octanol–water partition coefficient (Wildman–Crippen LogP) is 2.85. The van der Waals surface area contributed by atoms with Crippen molar-refractivity contribution in [3.05, 3.63) is 47.1 Å². The minimum atomic E-state index is -1.54. The summed E-state index contributed by atoms with van der Waals surface area (Å²) in [5, 5.41) is 8.59. The minimum absolute atomic E-state index is 0.180. The Labute approximate surface area is 90.0 Å². The van der Waals surface area contributed by atoms with E-state index >= 15 is 0 Å². The lowest BCUT2D eigenvalue weighted by atomic mass is 10.0. The van der Waals surface area contributed by atoms with Gasteiger partial charge in [0.15, 0.2) is 23.3 Å². The number of hydrogen-bond acceptors (Lipinski definition) is 1. The van der Waals surface area contributed by atoms with Crippen molar-refractivity contribution in [2.75, 3.05) is 0 Å². The Hall–Kier alpha value is -1.36. The van der Waals surface area contributed by atoms with Gasteiger partial charge in [0.05, 0.1) is 12.2 Å². The highest BCUT2D eigenvalue weighted by molar-refractivity contribution is 5.29. The first-order valence-electron chi connectivity index (χ1n) is 4.60. The van der Waals surface area contributed by atoms with E-state index in [9.17, 15) is 17.6 Å². The molecule has 1 aromatic rings. The van der Waals surface area contributed by atoms with Gasteiger partial charge in [-0.1, -0.05) is 6.08 Å². The highest BCUT2D eigenvalue weighted by atomic mass is 19.2. The molecule has 0 aliphatic heterocycles. The Morgan fingerprint density at radius 3 is 1.75 bits per heavy atom. The Kier molecular flexibility index (Phi) is 4.06.